The Kier molecular flexibility index (Phi) is 2.70. The van der Waals surface area contributed by atoms with Gasteiger partial charge in [-0.25, -0.2) is 4.79 Å². The minimum absolute atomic E-state index is 0.0446. The van der Waals surface area contributed by atoms with Gasteiger partial charge >= 0.3 is 5.69 Å². The van der Waals surface area contributed by atoms with E-state index in [1.165, 1.54) is 10.6 Å². The highest BCUT2D eigenvalue weighted by Crippen LogP contribution is 2.02. The molecule has 0 aliphatic heterocycles. The van der Waals surface area contributed by atoms with Crippen molar-refractivity contribution in [2.45, 2.75) is 33.2 Å². The maximum Gasteiger partial charge on any atom is 0.328 e. The van der Waals surface area contributed by atoms with Gasteiger partial charge < -0.3 is 4.98 Å². The third-order valence-electron chi connectivity index (χ3n) is 2.13. The minimum Gasteiger partial charge on any atom is -0.311 e. The quantitative estimate of drug-likeness (QED) is 0.736. The molecule has 1 aromatic rings. The first kappa shape index (κ1) is 9.77. The molecule has 0 fully saturated rings. The Labute approximate surface area is 76.2 Å². The van der Waals surface area contributed by atoms with Crippen LogP contribution in [0.2, 0.25) is 0 Å². The molecule has 72 valence electrons. The third kappa shape index (κ3) is 1.88. The van der Waals surface area contributed by atoms with Gasteiger partial charge in [0.25, 0.3) is 5.56 Å². The van der Waals surface area contributed by atoms with Crippen LogP contribution in [0.1, 0.15) is 32.0 Å². The Balaban J connectivity index is 3.38. The third-order valence-corrected chi connectivity index (χ3v) is 2.13. The normalized spacial score (nSPS) is 12.8. The molecule has 0 amide bonds. The first-order valence-electron chi connectivity index (χ1n) is 4.38. The number of nitrogens with zero attached hydrogens (tertiary/aromatic N) is 1. The van der Waals surface area contributed by atoms with Crippen molar-refractivity contribution in [3.8, 4) is 0 Å². The van der Waals surface area contributed by atoms with Crippen molar-refractivity contribution < 1.29 is 0 Å². The monoisotopic (exact) mass is 182 g/mol. The summed E-state index contributed by atoms with van der Waals surface area (Å²) in [5.74, 6) is 0. The number of aromatic amines is 1. The van der Waals surface area contributed by atoms with Crippen molar-refractivity contribution in [1.29, 1.82) is 0 Å². The Morgan fingerprint density at radius 1 is 1.54 bits per heavy atom. The van der Waals surface area contributed by atoms with Crippen LogP contribution >= 0.6 is 0 Å². The largest absolute Gasteiger partial charge is 0.328 e. The van der Waals surface area contributed by atoms with E-state index in [9.17, 15) is 9.59 Å². The number of aromatic nitrogens is 2. The van der Waals surface area contributed by atoms with Crippen LogP contribution in [0.3, 0.4) is 0 Å². The lowest BCUT2D eigenvalue weighted by atomic mass is 10.2. The predicted molar refractivity (Wildman–Crippen MR) is 51.1 cm³/mol. The molecule has 0 unspecified atom stereocenters. The molecular weight excluding hydrogens is 168 g/mol. The van der Waals surface area contributed by atoms with Gasteiger partial charge in [-0.05, 0) is 20.3 Å². The molecule has 1 rings (SSSR count). The van der Waals surface area contributed by atoms with E-state index in [0.29, 0.717) is 5.69 Å². The maximum absolute atomic E-state index is 11.4. The number of hydrogen-bond donors (Lipinski definition) is 1. The SMILES string of the molecule is CC[C@@H](C)n1c(=O)cc(C)[nH]c1=O. The van der Waals surface area contributed by atoms with Gasteiger partial charge in [0.1, 0.15) is 0 Å². The van der Waals surface area contributed by atoms with Crippen molar-refractivity contribution in [3.63, 3.8) is 0 Å². The number of rotatable bonds is 2. The van der Waals surface area contributed by atoms with Crippen LogP contribution in [0.5, 0.6) is 0 Å². The molecule has 4 nitrogen and oxygen atoms in total. The molecule has 0 aliphatic carbocycles. The van der Waals surface area contributed by atoms with Gasteiger partial charge in [0, 0.05) is 17.8 Å². The van der Waals surface area contributed by atoms with E-state index in [0.717, 1.165) is 6.42 Å². The van der Waals surface area contributed by atoms with Gasteiger partial charge in [0.15, 0.2) is 0 Å². The van der Waals surface area contributed by atoms with Gasteiger partial charge in [0.2, 0.25) is 0 Å². The van der Waals surface area contributed by atoms with Crippen LogP contribution in [0, 0.1) is 6.92 Å². The topological polar surface area (TPSA) is 54.9 Å². The Hall–Kier alpha value is -1.32. The predicted octanol–water partition coefficient (Wildman–Crippen LogP) is 0.816. The molecule has 1 atom stereocenters. The molecule has 13 heavy (non-hydrogen) atoms. The zero-order valence-electron chi connectivity index (χ0n) is 8.13. The highest BCUT2D eigenvalue weighted by molar-refractivity contribution is 4.97. The maximum atomic E-state index is 11.4. The van der Waals surface area contributed by atoms with E-state index in [1.54, 1.807) is 6.92 Å². The van der Waals surface area contributed by atoms with Crippen LogP contribution in [0.15, 0.2) is 15.7 Å². The van der Waals surface area contributed by atoms with Crippen LogP contribution in [-0.2, 0) is 0 Å². The average Bonchev–Trinajstić information content (AvgIpc) is 2.02. The highest BCUT2D eigenvalue weighted by Gasteiger charge is 2.07. The summed E-state index contributed by atoms with van der Waals surface area (Å²) in [6.45, 7) is 5.49. The standard InChI is InChI=1S/C9H14N2O2/c1-4-7(3)11-8(12)5-6(2)10-9(11)13/h5,7H,4H2,1-3H3,(H,10,13)/t7-/m1/s1. The Bertz CT molecular complexity index is 372. The molecule has 1 N–H and O–H groups in total. The van der Waals surface area contributed by atoms with Crippen LogP contribution in [-0.4, -0.2) is 9.55 Å². The first-order chi connectivity index (χ1) is 6.06. The molecule has 0 saturated heterocycles. The van der Waals surface area contributed by atoms with Crippen molar-refractivity contribution >= 4 is 0 Å². The van der Waals surface area contributed by atoms with Gasteiger partial charge in [-0.2, -0.15) is 0 Å². The van der Waals surface area contributed by atoms with E-state index in [2.05, 4.69) is 4.98 Å². The molecule has 1 aromatic heterocycles. The summed E-state index contributed by atoms with van der Waals surface area (Å²) in [5.41, 5.74) is 0.0597. The smallest absolute Gasteiger partial charge is 0.311 e. The van der Waals surface area contributed by atoms with Gasteiger partial charge in [0.05, 0.1) is 0 Å². The molecule has 4 heteroatoms. The van der Waals surface area contributed by atoms with Gasteiger partial charge in [-0.3, -0.25) is 9.36 Å². The molecule has 0 aromatic carbocycles. The van der Waals surface area contributed by atoms with Gasteiger partial charge in [-0.1, -0.05) is 6.92 Å². The molecule has 0 aliphatic rings. The Morgan fingerprint density at radius 3 is 2.62 bits per heavy atom. The Morgan fingerprint density at radius 2 is 2.15 bits per heavy atom. The van der Waals surface area contributed by atoms with Crippen LogP contribution in [0.25, 0.3) is 0 Å². The summed E-state index contributed by atoms with van der Waals surface area (Å²) in [5, 5.41) is 0. The molecular formula is C9H14N2O2. The van der Waals surface area contributed by atoms with Crippen LogP contribution < -0.4 is 11.2 Å². The zero-order valence-corrected chi connectivity index (χ0v) is 8.13. The number of hydrogen-bond acceptors (Lipinski definition) is 2. The number of aryl methyl sites for hydroxylation is 1. The second kappa shape index (κ2) is 3.60. The number of nitrogens with one attached hydrogen (secondary N) is 1. The van der Waals surface area contributed by atoms with Crippen molar-refractivity contribution in [1.82, 2.24) is 9.55 Å². The molecule has 1 heterocycles. The van der Waals surface area contributed by atoms with Crippen LogP contribution in [0.4, 0.5) is 0 Å². The molecule has 0 radical (unpaired) electrons. The highest BCUT2D eigenvalue weighted by atomic mass is 16.2. The summed E-state index contributed by atoms with van der Waals surface area (Å²) in [6, 6.07) is 1.39. The average molecular weight is 182 g/mol. The van der Waals surface area contributed by atoms with E-state index >= 15 is 0 Å². The van der Waals surface area contributed by atoms with Gasteiger partial charge in [-0.15, -0.1) is 0 Å². The fourth-order valence-corrected chi connectivity index (χ4v) is 1.22. The van der Waals surface area contributed by atoms with Crippen molar-refractivity contribution in [2.75, 3.05) is 0 Å². The molecule has 0 saturated carbocycles. The van der Waals surface area contributed by atoms with E-state index in [-0.39, 0.29) is 17.3 Å². The van der Waals surface area contributed by atoms with E-state index in [4.69, 9.17) is 0 Å². The van der Waals surface area contributed by atoms with Crippen molar-refractivity contribution in [3.05, 3.63) is 32.6 Å². The number of H-pyrrole nitrogens is 1. The summed E-state index contributed by atoms with van der Waals surface area (Å²) in [7, 11) is 0. The fraction of sp³-hybridized carbons (Fsp3) is 0.556. The lowest BCUT2D eigenvalue weighted by Crippen LogP contribution is -2.36. The second-order valence-electron chi connectivity index (χ2n) is 3.22. The first-order valence-corrected chi connectivity index (χ1v) is 4.38. The lowest BCUT2D eigenvalue weighted by molar-refractivity contribution is 0.488. The zero-order chi connectivity index (χ0) is 10.0. The minimum atomic E-state index is -0.320. The van der Waals surface area contributed by atoms with Crippen molar-refractivity contribution in [2.24, 2.45) is 0 Å². The van der Waals surface area contributed by atoms with E-state index in [1.807, 2.05) is 13.8 Å². The lowest BCUT2D eigenvalue weighted by Gasteiger charge is -2.10. The summed E-state index contributed by atoms with van der Waals surface area (Å²) >= 11 is 0. The van der Waals surface area contributed by atoms with E-state index < -0.39 is 0 Å². The molecule has 0 bridgehead atoms. The molecule has 0 spiro atoms. The summed E-state index contributed by atoms with van der Waals surface area (Å²) in [6.07, 6.45) is 0.770. The summed E-state index contributed by atoms with van der Waals surface area (Å²) < 4.78 is 1.24. The summed E-state index contributed by atoms with van der Waals surface area (Å²) in [4.78, 5) is 25.4. The second-order valence-corrected chi connectivity index (χ2v) is 3.22. The fourth-order valence-electron chi connectivity index (χ4n) is 1.22.